The maximum atomic E-state index is 12.2. The molecule has 0 bridgehead atoms. The molecule has 1 aromatic rings. The quantitative estimate of drug-likeness (QED) is 0.730. The van der Waals surface area contributed by atoms with Crippen LogP contribution >= 0.6 is 0 Å². The highest BCUT2D eigenvalue weighted by molar-refractivity contribution is 7.92. The summed E-state index contributed by atoms with van der Waals surface area (Å²) in [6.45, 7) is 6.16. The van der Waals surface area contributed by atoms with Gasteiger partial charge in [0.2, 0.25) is 15.9 Å². The lowest BCUT2D eigenvalue weighted by atomic mass is 10.00. The van der Waals surface area contributed by atoms with Gasteiger partial charge in [-0.15, -0.1) is 0 Å². The Kier molecular flexibility index (Phi) is 5.80. The van der Waals surface area contributed by atoms with Gasteiger partial charge in [-0.1, -0.05) is 6.07 Å². The zero-order chi connectivity index (χ0) is 19.5. The van der Waals surface area contributed by atoms with Crippen molar-refractivity contribution >= 4 is 33.3 Å². The molecule has 144 valence electrons. The van der Waals surface area contributed by atoms with Crippen molar-refractivity contribution in [1.29, 1.82) is 0 Å². The first kappa shape index (κ1) is 20.0. The summed E-state index contributed by atoms with van der Waals surface area (Å²) in [6.07, 6.45) is 2.61. The summed E-state index contributed by atoms with van der Waals surface area (Å²) in [4.78, 5) is 25.9. The van der Waals surface area contributed by atoms with Gasteiger partial charge >= 0.3 is 6.03 Å². The Bertz CT molecular complexity index is 799. The third kappa shape index (κ3) is 5.91. The number of sulfonamides is 1. The molecule has 0 spiro atoms. The number of imide groups is 1. The summed E-state index contributed by atoms with van der Waals surface area (Å²) in [5.41, 5.74) is 1.75. The van der Waals surface area contributed by atoms with E-state index in [1.54, 1.807) is 12.1 Å². The third-order valence-corrected chi connectivity index (χ3v) is 4.31. The fraction of sp³-hybridized carbons (Fsp3) is 0.529. The maximum Gasteiger partial charge on any atom is 0.321 e. The molecule has 3 N–H and O–H groups in total. The van der Waals surface area contributed by atoms with Crippen LogP contribution in [-0.4, -0.2) is 45.2 Å². The van der Waals surface area contributed by atoms with Crippen LogP contribution in [0, 0.1) is 0 Å². The number of benzene rings is 1. The van der Waals surface area contributed by atoms with Crippen molar-refractivity contribution in [2.24, 2.45) is 0 Å². The second-order valence-electron chi connectivity index (χ2n) is 7.45. The molecule has 0 aliphatic carbocycles. The van der Waals surface area contributed by atoms with Crippen LogP contribution in [0.4, 0.5) is 16.2 Å². The summed E-state index contributed by atoms with van der Waals surface area (Å²) in [6, 6.07) is 4.77. The maximum absolute atomic E-state index is 12.2. The number of fused-ring (bicyclic) bond motifs is 1. The number of nitrogens with zero attached hydrogens (tertiary/aromatic N) is 1. The molecule has 0 radical (unpaired) electrons. The average Bonchev–Trinajstić information content (AvgIpc) is 2.44. The van der Waals surface area contributed by atoms with E-state index in [2.05, 4.69) is 15.4 Å². The van der Waals surface area contributed by atoms with Crippen LogP contribution in [0.2, 0.25) is 0 Å². The molecule has 9 heteroatoms. The Balaban J connectivity index is 2.11. The molecular formula is C17H26N4O4S. The number of urea groups is 1. The molecule has 1 aromatic carbocycles. The number of anilines is 2. The first-order valence-corrected chi connectivity index (χ1v) is 10.3. The molecule has 3 amide bonds. The Morgan fingerprint density at radius 1 is 1.23 bits per heavy atom. The van der Waals surface area contributed by atoms with E-state index in [0.717, 1.165) is 30.3 Å². The average molecular weight is 382 g/mol. The Morgan fingerprint density at radius 2 is 1.92 bits per heavy atom. The number of carbonyl (C=O) groups is 2. The van der Waals surface area contributed by atoms with E-state index in [9.17, 15) is 18.0 Å². The lowest BCUT2D eigenvalue weighted by Crippen LogP contribution is -2.50. The molecule has 0 fully saturated rings. The minimum absolute atomic E-state index is 0.0207. The van der Waals surface area contributed by atoms with Gasteiger partial charge in [0.15, 0.2) is 0 Å². The van der Waals surface area contributed by atoms with Crippen molar-refractivity contribution in [3.63, 3.8) is 0 Å². The van der Waals surface area contributed by atoms with Crippen LogP contribution < -0.4 is 20.3 Å². The van der Waals surface area contributed by atoms with E-state index in [1.807, 2.05) is 31.7 Å². The number of hydrogen-bond acceptors (Lipinski definition) is 5. The van der Waals surface area contributed by atoms with Crippen LogP contribution in [0.1, 0.15) is 32.8 Å². The highest BCUT2D eigenvalue weighted by atomic mass is 32.2. The smallest absolute Gasteiger partial charge is 0.321 e. The van der Waals surface area contributed by atoms with E-state index in [0.29, 0.717) is 12.2 Å². The Hall–Kier alpha value is -2.29. The predicted molar refractivity (Wildman–Crippen MR) is 102 cm³/mol. The van der Waals surface area contributed by atoms with E-state index in [-0.39, 0.29) is 6.54 Å². The SMILES string of the molecule is CC(C)(C)NC(=O)NC(=O)CN1CCCc2c(NS(C)(=O)=O)cccc21. The number of carbonyl (C=O) groups excluding carboxylic acids is 2. The second kappa shape index (κ2) is 7.53. The molecule has 2 rings (SSSR count). The molecule has 0 saturated carbocycles. The topological polar surface area (TPSA) is 108 Å². The van der Waals surface area contributed by atoms with Gasteiger partial charge in [0.05, 0.1) is 18.5 Å². The first-order chi connectivity index (χ1) is 11.9. The number of nitrogens with one attached hydrogen (secondary N) is 3. The minimum atomic E-state index is -3.39. The summed E-state index contributed by atoms with van der Waals surface area (Å²) in [5.74, 6) is -0.416. The molecule has 0 aromatic heterocycles. The van der Waals surface area contributed by atoms with Crippen LogP contribution in [0.25, 0.3) is 0 Å². The molecular weight excluding hydrogens is 356 g/mol. The third-order valence-electron chi connectivity index (χ3n) is 3.72. The Labute approximate surface area is 154 Å². The molecule has 0 unspecified atom stereocenters. The molecule has 1 aliphatic heterocycles. The monoisotopic (exact) mass is 382 g/mol. The van der Waals surface area contributed by atoms with E-state index < -0.39 is 27.5 Å². The fourth-order valence-electron chi connectivity index (χ4n) is 2.87. The highest BCUT2D eigenvalue weighted by Crippen LogP contribution is 2.33. The van der Waals surface area contributed by atoms with E-state index in [4.69, 9.17) is 0 Å². The van der Waals surface area contributed by atoms with E-state index >= 15 is 0 Å². The van der Waals surface area contributed by atoms with Gasteiger partial charge in [-0.25, -0.2) is 13.2 Å². The fourth-order valence-corrected chi connectivity index (χ4v) is 3.46. The van der Waals surface area contributed by atoms with Crippen molar-refractivity contribution in [2.75, 3.05) is 29.0 Å². The lowest BCUT2D eigenvalue weighted by Gasteiger charge is -2.32. The second-order valence-corrected chi connectivity index (χ2v) is 9.20. The predicted octanol–water partition coefficient (Wildman–Crippen LogP) is 1.44. The van der Waals surface area contributed by atoms with Gasteiger partial charge in [-0.3, -0.25) is 14.8 Å². The van der Waals surface area contributed by atoms with Crippen molar-refractivity contribution in [3.8, 4) is 0 Å². The van der Waals surface area contributed by atoms with Crippen LogP contribution in [0.3, 0.4) is 0 Å². The molecule has 0 atom stereocenters. The summed E-state index contributed by atoms with van der Waals surface area (Å²) in [7, 11) is -3.39. The van der Waals surface area contributed by atoms with Gasteiger partial charge < -0.3 is 10.2 Å². The highest BCUT2D eigenvalue weighted by Gasteiger charge is 2.23. The van der Waals surface area contributed by atoms with Gasteiger partial charge in [0, 0.05) is 17.8 Å². The number of rotatable bonds is 4. The molecule has 1 heterocycles. The molecule has 1 aliphatic rings. The van der Waals surface area contributed by atoms with Gasteiger partial charge in [-0.2, -0.15) is 0 Å². The lowest BCUT2D eigenvalue weighted by molar-refractivity contribution is -0.118. The van der Waals surface area contributed by atoms with Crippen molar-refractivity contribution in [1.82, 2.24) is 10.6 Å². The van der Waals surface area contributed by atoms with Crippen LogP contribution in [0.5, 0.6) is 0 Å². The van der Waals surface area contributed by atoms with Gasteiger partial charge in [0.1, 0.15) is 0 Å². The zero-order valence-corrected chi connectivity index (χ0v) is 16.4. The summed E-state index contributed by atoms with van der Waals surface area (Å²) in [5, 5.41) is 5.00. The zero-order valence-electron chi connectivity index (χ0n) is 15.5. The summed E-state index contributed by atoms with van der Waals surface area (Å²) < 4.78 is 25.6. The van der Waals surface area contributed by atoms with Crippen molar-refractivity contribution in [3.05, 3.63) is 23.8 Å². The summed E-state index contributed by atoms with van der Waals surface area (Å²) >= 11 is 0. The van der Waals surface area contributed by atoms with Gasteiger partial charge in [-0.05, 0) is 51.3 Å². The Morgan fingerprint density at radius 3 is 2.54 bits per heavy atom. The van der Waals surface area contributed by atoms with Crippen molar-refractivity contribution < 1.29 is 18.0 Å². The molecule has 26 heavy (non-hydrogen) atoms. The largest absolute Gasteiger partial charge is 0.362 e. The number of amides is 3. The van der Waals surface area contributed by atoms with Crippen molar-refractivity contribution in [2.45, 2.75) is 39.2 Å². The van der Waals surface area contributed by atoms with Crippen LogP contribution in [0.15, 0.2) is 18.2 Å². The number of hydrogen-bond donors (Lipinski definition) is 3. The normalized spacial score (nSPS) is 14.4. The molecule has 0 saturated heterocycles. The minimum Gasteiger partial charge on any atom is -0.362 e. The first-order valence-electron chi connectivity index (χ1n) is 8.41. The molecule has 8 nitrogen and oxygen atoms in total. The van der Waals surface area contributed by atoms with Crippen LogP contribution in [-0.2, 0) is 21.2 Å². The standard InChI is InChI=1S/C17H26N4O4S/c1-17(2,3)19-16(23)18-15(22)11-21-10-6-7-12-13(20-26(4,24)25)8-5-9-14(12)21/h5,8-9,20H,6-7,10-11H2,1-4H3,(H2,18,19,22,23). The van der Waals surface area contributed by atoms with Gasteiger partial charge in [0.25, 0.3) is 0 Å². The van der Waals surface area contributed by atoms with E-state index in [1.165, 1.54) is 0 Å².